The van der Waals surface area contributed by atoms with Crippen molar-refractivity contribution in [1.29, 1.82) is 0 Å². The third-order valence-corrected chi connectivity index (χ3v) is 8.67. The molecule has 242 valence electrons. The predicted octanol–water partition coefficient (Wildman–Crippen LogP) is 8.48. The molecule has 0 aliphatic carbocycles. The first-order chi connectivity index (χ1) is 23.1. The van der Waals surface area contributed by atoms with Crippen LogP contribution in [0.25, 0.3) is 0 Å². The van der Waals surface area contributed by atoms with Crippen LogP contribution < -0.4 is 15.5 Å². The zero-order valence-electron chi connectivity index (χ0n) is 26.6. The van der Waals surface area contributed by atoms with Crippen molar-refractivity contribution in [3.8, 4) is 0 Å². The average Bonchev–Trinajstić information content (AvgIpc) is 3.42. The zero-order chi connectivity index (χ0) is 33.8. The van der Waals surface area contributed by atoms with E-state index in [9.17, 15) is 14.4 Å². The number of anilines is 3. The van der Waals surface area contributed by atoms with Crippen LogP contribution >= 0.6 is 22.6 Å². The van der Waals surface area contributed by atoms with Gasteiger partial charge in [0.25, 0.3) is 0 Å². The number of rotatable bonds is 6. The Labute approximate surface area is 292 Å². The molecular formula is C38H34IN5O4. The van der Waals surface area contributed by atoms with E-state index in [0.717, 1.165) is 11.1 Å². The summed E-state index contributed by atoms with van der Waals surface area (Å²) in [6, 6.07) is 37.4. The Morgan fingerprint density at radius 3 is 1.77 bits per heavy atom. The number of aromatic nitrogens is 1. The van der Waals surface area contributed by atoms with Crippen molar-refractivity contribution >= 4 is 63.7 Å². The van der Waals surface area contributed by atoms with Gasteiger partial charge in [-0.3, -0.25) is 19.5 Å². The second-order valence-corrected chi connectivity index (χ2v) is 13.4. The summed E-state index contributed by atoms with van der Waals surface area (Å²) in [5.41, 5.74) is 2.59. The smallest absolute Gasteiger partial charge is 0.418 e. The van der Waals surface area contributed by atoms with Gasteiger partial charge in [-0.05, 0) is 58.0 Å². The predicted molar refractivity (Wildman–Crippen MR) is 195 cm³/mol. The van der Waals surface area contributed by atoms with Gasteiger partial charge >= 0.3 is 6.09 Å². The van der Waals surface area contributed by atoms with Gasteiger partial charge in [0, 0.05) is 15.2 Å². The number of hydrogen-bond donors (Lipinski definition) is 2. The molecule has 1 aliphatic rings. The lowest BCUT2D eigenvalue weighted by molar-refractivity contribution is -0.126. The van der Waals surface area contributed by atoms with Gasteiger partial charge in [0.1, 0.15) is 5.82 Å². The van der Waals surface area contributed by atoms with Crippen molar-refractivity contribution in [2.75, 3.05) is 10.2 Å². The fourth-order valence-corrected chi connectivity index (χ4v) is 6.17. The highest BCUT2D eigenvalue weighted by Crippen LogP contribution is 2.39. The normalized spacial score (nSPS) is 13.9. The first-order valence-electron chi connectivity index (χ1n) is 15.4. The lowest BCUT2D eigenvalue weighted by atomic mass is 9.90. The fraction of sp³-hybridized carbons (Fsp3) is 0.158. The van der Waals surface area contributed by atoms with Crippen LogP contribution in [0.5, 0.6) is 0 Å². The van der Waals surface area contributed by atoms with Crippen LogP contribution in [0.2, 0.25) is 0 Å². The lowest BCUT2D eigenvalue weighted by Gasteiger charge is -2.29. The van der Waals surface area contributed by atoms with Crippen LogP contribution in [0.1, 0.15) is 54.4 Å². The third kappa shape index (κ3) is 6.89. The molecule has 1 aromatic heterocycles. The molecule has 2 amide bonds. The van der Waals surface area contributed by atoms with Crippen molar-refractivity contribution < 1.29 is 19.1 Å². The summed E-state index contributed by atoms with van der Waals surface area (Å²) in [5.74, 6) is -0.763. The Kier molecular flexibility index (Phi) is 9.44. The summed E-state index contributed by atoms with van der Waals surface area (Å²) in [5, 5.41) is 6.01. The minimum Gasteiger partial charge on any atom is -0.418 e. The Morgan fingerprint density at radius 2 is 1.29 bits per heavy atom. The van der Waals surface area contributed by atoms with Crippen molar-refractivity contribution in [2.45, 2.75) is 32.9 Å². The molecule has 2 N–H and O–H groups in total. The minimum atomic E-state index is -1.19. The molecule has 2 heterocycles. The molecule has 0 saturated carbocycles. The van der Waals surface area contributed by atoms with Crippen LogP contribution in [0.15, 0.2) is 133 Å². The van der Waals surface area contributed by atoms with E-state index in [-0.39, 0.29) is 17.8 Å². The number of carbonyl (C=O) groups excluding carboxylic acids is 3. The summed E-state index contributed by atoms with van der Waals surface area (Å²) in [4.78, 5) is 47.9. The number of ether oxygens (including phenoxy) is 1. The third-order valence-electron chi connectivity index (χ3n) is 7.81. The Morgan fingerprint density at radius 1 is 0.812 bits per heavy atom. The second kappa shape index (κ2) is 13.9. The van der Waals surface area contributed by atoms with Crippen molar-refractivity contribution in [2.24, 2.45) is 10.4 Å². The molecular weight excluding hydrogens is 717 g/mol. The number of hydrogen-bond acceptors (Lipinski definition) is 6. The van der Waals surface area contributed by atoms with Crippen LogP contribution in [-0.4, -0.2) is 28.4 Å². The Bertz CT molecular complexity index is 1880. The maximum absolute atomic E-state index is 14.6. The van der Waals surface area contributed by atoms with Crippen molar-refractivity contribution in [3.63, 3.8) is 0 Å². The van der Waals surface area contributed by atoms with E-state index in [0.29, 0.717) is 26.3 Å². The van der Waals surface area contributed by atoms with Crippen molar-refractivity contribution in [3.05, 3.63) is 148 Å². The van der Waals surface area contributed by atoms with Gasteiger partial charge in [0.15, 0.2) is 0 Å². The van der Waals surface area contributed by atoms with Gasteiger partial charge in [-0.2, -0.15) is 0 Å². The quantitative estimate of drug-likeness (QED) is 0.170. The molecule has 48 heavy (non-hydrogen) atoms. The van der Waals surface area contributed by atoms with Gasteiger partial charge < -0.3 is 10.1 Å². The summed E-state index contributed by atoms with van der Waals surface area (Å²) in [7, 11) is 0. The maximum Gasteiger partial charge on any atom is 0.421 e. The first kappa shape index (κ1) is 32.7. The number of amides is 2. The molecule has 9 nitrogen and oxygen atoms in total. The lowest BCUT2D eigenvalue weighted by Crippen LogP contribution is -2.44. The zero-order valence-corrected chi connectivity index (χ0v) is 28.8. The molecule has 0 spiro atoms. The van der Waals surface area contributed by atoms with Crippen LogP contribution in [-0.2, 0) is 9.53 Å². The van der Waals surface area contributed by atoms with Crippen molar-refractivity contribution in [1.82, 2.24) is 9.88 Å². The van der Waals surface area contributed by atoms with Gasteiger partial charge in [0.05, 0.1) is 22.9 Å². The van der Waals surface area contributed by atoms with E-state index in [1.165, 1.54) is 9.47 Å². The molecule has 0 fully saturated rings. The molecule has 6 rings (SSSR count). The summed E-state index contributed by atoms with van der Waals surface area (Å²) >= 11 is 2.12. The molecule has 5 aromatic rings. The van der Waals surface area contributed by atoms with E-state index >= 15 is 0 Å². The number of nitrogens with zero attached hydrogens (tertiary/aromatic N) is 3. The monoisotopic (exact) mass is 751 g/mol. The number of para-hydroxylation sites is 2. The number of fused-ring (bicyclic) bond motifs is 1. The number of guanidine groups is 1. The summed E-state index contributed by atoms with van der Waals surface area (Å²) in [6.45, 7) is 5.35. The average molecular weight is 752 g/mol. The molecule has 4 aromatic carbocycles. The first-order valence-corrected chi connectivity index (χ1v) is 16.5. The topological polar surface area (TPSA) is 105 Å². The SMILES string of the molecule is CC(C)(C)C(=O)NC1=NC(OC(=O)N(c2ccccc2)c2ccccc2)c2c(I)cn(C(=O)C(c3ccccc3)c3ccccc3)c2N1. The molecule has 1 atom stereocenters. The van der Waals surface area contributed by atoms with Crippen LogP contribution in [0.3, 0.4) is 0 Å². The summed E-state index contributed by atoms with van der Waals surface area (Å²) < 4.78 is 8.34. The molecule has 10 heteroatoms. The van der Waals surface area contributed by atoms with Crippen LogP contribution in [0, 0.1) is 8.99 Å². The minimum absolute atomic E-state index is 0.0609. The van der Waals surface area contributed by atoms with E-state index in [1.54, 1.807) is 27.0 Å². The Balaban J connectivity index is 1.43. The highest BCUT2D eigenvalue weighted by Gasteiger charge is 2.37. The number of nitrogens with one attached hydrogen (secondary N) is 2. The maximum atomic E-state index is 14.6. The fourth-order valence-electron chi connectivity index (χ4n) is 5.37. The number of aliphatic imine (C=N–C) groups is 1. The second-order valence-electron chi connectivity index (χ2n) is 12.3. The van der Waals surface area contributed by atoms with Gasteiger partial charge in [-0.15, -0.1) is 0 Å². The van der Waals surface area contributed by atoms with Gasteiger partial charge in [-0.1, -0.05) is 118 Å². The molecule has 1 unspecified atom stereocenters. The van der Waals surface area contributed by atoms with E-state index in [1.807, 2.05) is 121 Å². The van der Waals surface area contributed by atoms with Gasteiger partial charge in [0.2, 0.25) is 24.0 Å². The highest BCUT2D eigenvalue weighted by molar-refractivity contribution is 14.1. The number of carbonyl (C=O) groups is 3. The van der Waals surface area contributed by atoms with E-state index < -0.39 is 23.7 Å². The molecule has 0 radical (unpaired) electrons. The van der Waals surface area contributed by atoms with Crippen LogP contribution in [0.4, 0.5) is 22.0 Å². The largest absolute Gasteiger partial charge is 0.421 e. The molecule has 1 aliphatic heterocycles. The van der Waals surface area contributed by atoms with E-state index in [2.05, 4.69) is 38.2 Å². The highest BCUT2D eigenvalue weighted by atomic mass is 127. The molecule has 0 bridgehead atoms. The molecule has 0 saturated heterocycles. The van der Waals surface area contributed by atoms with Gasteiger partial charge in [-0.25, -0.2) is 14.7 Å². The Hall–Kier alpha value is -5.23. The number of benzene rings is 4. The standard InChI is InChI=1S/C38H34IN5O4/c1-38(2,3)35(46)42-36-40-32-31(33(41-36)48-37(47)44(27-20-12-6-13-21-27)28-22-14-7-15-23-28)29(39)24-43(32)34(45)30(25-16-8-4-9-17-25)26-18-10-5-11-19-26/h4-24,30,33H,1-3H3,(H2,40,41,42,46). The van der Waals surface area contributed by atoms with E-state index in [4.69, 9.17) is 4.74 Å². The summed E-state index contributed by atoms with van der Waals surface area (Å²) in [6.07, 6.45) is -0.167. The number of halogens is 1.